The number of aliphatic hydroxyl groups excluding tert-OH is 1. The minimum absolute atomic E-state index is 0.0453. The Hall–Kier alpha value is -2.21. The summed E-state index contributed by atoms with van der Waals surface area (Å²) in [5, 5.41) is 16.2. The maximum Gasteiger partial charge on any atom is 0.251 e. The molecular weight excluding hydrogens is 268 g/mol. The number of carbonyl (C=O) groups excluding carboxylic acids is 1. The van der Waals surface area contributed by atoms with Crippen molar-refractivity contribution in [3.05, 3.63) is 42.5 Å². The van der Waals surface area contributed by atoms with Crippen LogP contribution in [0.3, 0.4) is 0 Å². The predicted octanol–water partition coefficient (Wildman–Crippen LogP) is 1.55. The molecular formula is C15H20N4O2. The molecule has 0 fully saturated rings. The van der Waals surface area contributed by atoms with E-state index >= 15 is 0 Å². The summed E-state index contributed by atoms with van der Waals surface area (Å²) in [6, 6.07) is 7.18. The van der Waals surface area contributed by atoms with Crippen LogP contribution in [0.1, 0.15) is 37.0 Å². The number of carbonyl (C=O) groups is 1. The number of rotatable bonds is 6. The van der Waals surface area contributed by atoms with E-state index in [4.69, 9.17) is 5.11 Å². The van der Waals surface area contributed by atoms with Crippen molar-refractivity contribution in [2.45, 2.75) is 32.2 Å². The average Bonchev–Trinajstić information content (AvgIpc) is 3.02. The Labute approximate surface area is 123 Å². The summed E-state index contributed by atoms with van der Waals surface area (Å²) in [6.45, 7) is 3.97. The molecule has 1 amide bonds. The Kier molecular flexibility index (Phi) is 4.70. The van der Waals surface area contributed by atoms with Gasteiger partial charge in [0, 0.05) is 17.7 Å². The summed E-state index contributed by atoms with van der Waals surface area (Å²) in [4.78, 5) is 16.3. The summed E-state index contributed by atoms with van der Waals surface area (Å²) in [7, 11) is 0. The zero-order valence-corrected chi connectivity index (χ0v) is 12.3. The second-order valence-electron chi connectivity index (χ2n) is 5.23. The minimum atomic E-state index is -0.408. The van der Waals surface area contributed by atoms with Crippen molar-refractivity contribution in [3.8, 4) is 5.69 Å². The quantitative estimate of drug-likeness (QED) is 0.845. The summed E-state index contributed by atoms with van der Waals surface area (Å²) < 4.78 is 1.60. The third-order valence-electron chi connectivity index (χ3n) is 3.65. The normalized spacial score (nSPS) is 13.7. The number of hydrogen-bond acceptors (Lipinski definition) is 4. The van der Waals surface area contributed by atoms with Crippen LogP contribution in [0.2, 0.25) is 0 Å². The molecule has 2 aromatic rings. The summed E-state index contributed by atoms with van der Waals surface area (Å²) >= 11 is 0. The van der Waals surface area contributed by atoms with Crippen LogP contribution in [-0.4, -0.2) is 37.9 Å². The van der Waals surface area contributed by atoms with Crippen molar-refractivity contribution >= 4 is 5.91 Å². The number of hydrogen-bond donors (Lipinski definition) is 2. The van der Waals surface area contributed by atoms with Gasteiger partial charge in [0.1, 0.15) is 12.7 Å². The van der Waals surface area contributed by atoms with Crippen molar-refractivity contribution < 1.29 is 9.90 Å². The minimum Gasteiger partial charge on any atom is -0.396 e. The first-order valence-electron chi connectivity index (χ1n) is 6.96. The molecule has 21 heavy (non-hydrogen) atoms. The molecule has 0 saturated heterocycles. The van der Waals surface area contributed by atoms with Crippen LogP contribution in [0.15, 0.2) is 36.9 Å². The molecule has 1 unspecified atom stereocenters. The molecule has 2 N–H and O–H groups in total. The fourth-order valence-electron chi connectivity index (χ4n) is 2.05. The molecule has 0 aliphatic rings. The summed E-state index contributed by atoms with van der Waals surface area (Å²) in [5.41, 5.74) is 0.927. The van der Waals surface area contributed by atoms with Gasteiger partial charge in [-0.3, -0.25) is 4.79 Å². The van der Waals surface area contributed by atoms with Gasteiger partial charge in [-0.15, -0.1) is 0 Å². The number of aromatic nitrogens is 3. The Morgan fingerprint density at radius 3 is 2.90 bits per heavy atom. The van der Waals surface area contributed by atoms with Gasteiger partial charge in [0.2, 0.25) is 0 Å². The number of benzene rings is 1. The molecule has 0 aliphatic carbocycles. The van der Waals surface area contributed by atoms with Gasteiger partial charge in [-0.25, -0.2) is 9.67 Å². The van der Waals surface area contributed by atoms with Gasteiger partial charge in [-0.1, -0.05) is 13.0 Å². The van der Waals surface area contributed by atoms with Crippen LogP contribution in [0.5, 0.6) is 0 Å². The monoisotopic (exact) mass is 288 g/mol. The number of amides is 1. The maximum atomic E-state index is 12.4. The highest BCUT2D eigenvalue weighted by molar-refractivity contribution is 5.95. The zero-order valence-electron chi connectivity index (χ0n) is 12.3. The molecule has 0 saturated carbocycles. The third-order valence-corrected chi connectivity index (χ3v) is 3.65. The molecule has 6 heteroatoms. The van der Waals surface area contributed by atoms with Gasteiger partial charge in [0.25, 0.3) is 5.91 Å². The van der Waals surface area contributed by atoms with Crippen molar-refractivity contribution in [1.29, 1.82) is 0 Å². The standard InChI is InChI=1S/C15H20N4O2/c1-3-15(2,7-8-20)18-14(21)12-5-4-6-13(9-12)19-11-16-10-17-19/h4-6,9-11,20H,3,7-8H2,1-2H3,(H,18,21). The maximum absolute atomic E-state index is 12.4. The van der Waals surface area contributed by atoms with E-state index in [9.17, 15) is 4.79 Å². The molecule has 0 radical (unpaired) electrons. The lowest BCUT2D eigenvalue weighted by Gasteiger charge is -2.29. The van der Waals surface area contributed by atoms with Crippen LogP contribution in [0.4, 0.5) is 0 Å². The first-order chi connectivity index (χ1) is 10.1. The molecule has 1 aromatic carbocycles. The first-order valence-corrected chi connectivity index (χ1v) is 6.96. The zero-order chi connectivity index (χ0) is 15.3. The highest BCUT2D eigenvalue weighted by Gasteiger charge is 2.24. The third kappa shape index (κ3) is 3.66. The van der Waals surface area contributed by atoms with Gasteiger partial charge in [-0.05, 0) is 38.0 Å². The largest absolute Gasteiger partial charge is 0.396 e. The van der Waals surface area contributed by atoms with Crippen LogP contribution >= 0.6 is 0 Å². The van der Waals surface area contributed by atoms with E-state index in [-0.39, 0.29) is 12.5 Å². The molecule has 112 valence electrons. The van der Waals surface area contributed by atoms with E-state index in [1.807, 2.05) is 19.9 Å². The molecule has 0 bridgehead atoms. The van der Waals surface area contributed by atoms with Crippen LogP contribution < -0.4 is 5.32 Å². The number of nitrogens with one attached hydrogen (secondary N) is 1. The topological polar surface area (TPSA) is 80.0 Å². The average molecular weight is 288 g/mol. The predicted molar refractivity (Wildman–Crippen MR) is 79.2 cm³/mol. The molecule has 0 aliphatic heterocycles. The van der Waals surface area contributed by atoms with Gasteiger partial charge in [0.15, 0.2) is 0 Å². The van der Waals surface area contributed by atoms with Crippen molar-refractivity contribution in [1.82, 2.24) is 20.1 Å². The summed E-state index contributed by atoms with van der Waals surface area (Å²) in [6.07, 6.45) is 4.31. The molecule has 0 spiro atoms. The number of aliphatic hydroxyl groups is 1. The summed E-state index contributed by atoms with van der Waals surface area (Å²) in [5.74, 6) is -0.158. The van der Waals surface area contributed by atoms with E-state index in [1.165, 1.54) is 6.33 Å². The van der Waals surface area contributed by atoms with Gasteiger partial charge >= 0.3 is 0 Å². The first kappa shape index (κ1) is 15.2. The molecule has 2 rings (SSSR count). The van der Waals surface area contributed by atoms with Crippen LogP contribution in [-0.2, 0) is 0 Å². The smallest absolute Gasteiger partial charge is 0.251 e. The van der Waals surface area contributed by atoms with Crippen LogP contribution in [0.25, 0.3) is 5.69 Å². The Morgan fingerprint density at radius 2 is 2.29 bits per heavy atom. The van der Waals surface area contributed by atoms with E-state index in [2.05, 4.69) is 15.4 Å². The fraction of sp³-hybridized carbons (Fsp3) is 0.400. The van der Waals surface area contributed by atoms with E-state index in [1.54, 1.807) is 29.2 Å². The van der Waals surface area contributed by atoms with Gasteiger partial charge in [-0.2, -0.15) is 5.10 Å². The second kappa shape index (κ2) is 6.49. The molecule has 1 atom stereocenters. The van der Waals surface area contributed by atoms with Crippen molar-refractivity contribution in [3.63, 3.8) is 0 Å². The molecule has 1 aromatic heterocycles. The van der Waals surface area contributed by atoms with Crippen molar-refractivity contribution in [2.24, 2.45) is 0 Å². The van der Waals surface area contributed by atoms with E-state index in [0.717, 1.165) is 12.1 Å². The van der Waals surface area contributed by atoms with E-state index < -0.39 is 5.54 Å². The Balaban J connectivity index is 2.18. The van der Waals surface area contributed by atoms with Gasteiger partial charge < -0.3 is 10.4 Å². The Bertz CT molecular complexity index is 597. The Morgan fingerprint density at radius 1 is 1.48 bits per heavy atom. The van der Waals surface area contributed by atoms with Crippen LogP contribution in [0, 0.1) is 0 Å². The fourth-order valence-corrected chi connectivity index (χ4v) is 2.05. The van der Waals surface area contributed by atoms with Gasteiger partial charge in [0.05, 0.1) is 5.69 Å². The SMILES string of the molecule is CCC(C)(CCO)NC(=O)c1cccc(-n2cncn2)c1. The molecule has 1 heterocycles. The lowest BCUT2D eigenvalue weighted by Crippen LogP contribution is -2.46. The van der Waals surface area contributed by atoms with Crippen molar-refractivity contribution in [2.75, 3.05) is 6.61 Å². The highest BCUT2D eigenvalue weighted by atomic mass is 16.3. The number of nitrogens with zero attached hydrogens (tertiary/aromatic N) is 3. The molecule has 6 nitrogen and oxygen atoms in total. The lowest BCUT2D eigenvalue weighted by molar-refractivity contribution is 0.0886. The van der Waals surface area contributed by atoms with E-state index in [0.29, 0.717) is 12.0 Å². The highest BCUT2D eigenvalue weighted by Crippen LogP contribution is 2.16. The second-order valence-corrected chi connectivity index (χ2v) is 5.23. The lowest BCUT2D eigenvalue weighted by atomic mass is 9.94.